The van der Waals surface area contributed by atoms with Gasteiger partial charge in [-0.05, 0) is 84.6 Å². The maximum atomic E-state index is 8.68. The molecule has 0 bridgehead atoms. The number of aliphatic hydroxyl groups is 2. The molecule has 0 spiro atoms. The van der Waals surface area contributed by atoms with Crippen LogP contribution in [0.3, 0.4) is 0 Å². The third kappa shape index (κ3) is 8.05. The van der Waals surface area contributed by atoms with Gasteiger partial charge in [-0.15, -0.1) is 0 Å². The quantitative estimate of drug-likeness (QED) is 0.338. The Bertz CT molecular complexity index is 910. The molecule has 0 fully saturated rings. The van der Waals surface area contributed by atoms with Crippen LogP contribution in [0.4, 0.5) is 5.82 Å². The molecule has 4 heteroatoms. The summed E-state index contributed by atoms with van der Waals surface area (Å²) in [4.78, 5) is 7.45. The van der Waals surface area contributed by atoms with E-state index in [0.29, 0.717) is 5.92 Å². The van der Waals surface area contributed by atoms with Crippen molar-refractivity contribution >= 4 is 5.82 Å². The number of nitrogens with zero attached hydrogens (tertiary/aromatic N) is 2. The number of rotatable bonds is 11. The van der Waals surface area contributed by atoms with Gasteiger partial charge in [0.15, 0.2) is 0 Å². The molecule has 36 heavy (non-hydrogen) atoms. The van der Waals surface area contributed by atoms with Gasteiger partial charge in [-0.3, -0.25) is 0 Å². The average molecular weight is 497 g/mol. The summed E-state index contributed by atoms with van der Waals surface area (Å²) in [6.07, 6.45) is 7.64. The van der Waals surface area contributed by atoms with Crippen LogP contribution < -0.4 is 4.90 Å². The first-order valence-electron chi connectivity index (χ1n) is 14.2. The lowest BCUT2D eigenvalue weighted by atomic mass is 9.63. The Kier molecular flexibility index (Phi) is 11.9. The van der Waals surface area contributed by atoms with E-state index in [1.54, 1.807) is 0 Å². The van der Waals surface area contributed by atoms with Crippen molar-refractivity contribution in [2.24, 2.45) is 5.92 Å². The molecule has 1 unspecified atom stereocenters. The molecule has 2 aromatic rings. The zero-order chi connectivity index (χ0) is 26.8. The molecule has 1 heterocycles. The van der Waals surface area contributed by atoms with Crippen molar-refractivity contribution in [1.29, 1.82) is 0 Å². The van der Waals surface area contributed by atoms with Crippen LogP contribution in [0.1, 0.15) is 105 Å². The zero-order valence-corrected chi connectivity index (χ0v) is 24.1. The SMILES string of the molecule is CCCC(CO)CCO.CCCN(CCC)c1cccc(-c2ccc3c(c2)C(C)(C)CCC3(C)C)n1. The second-order valence-corrected chi connectivity index (χ2v) is 11.7. The summed E-state index contributed by atoms with van der Waals surface area (Å²) in [7, 11) is 0. The molecule has 3 rings (SSSR count). The lowest BCUT2D eigenvalue weighted by Crippen LogP contribution is -2.33. The largest absolute Gasteiger partial charge is 0.396 e. The van der Waals surface area contributed by atoms with Crippen LogP contribution in [-0.4, -0.2) is 41.5 Å². The van der Waals surface area contributed by atoms with Crippen LogP contribution >= 0.6 is 0 Å². The molecule has 202 valence electrons. The standard InChI is InChI=1S/C25H36N2.C7H16O2/c1-7-16-27(17-8-2)23-11-9-10-22(26-23)19-12-13-20-21(18-19)25(5,6)15-14-24(20,3)4;1-2-3-7(6-9)4-5-8/h9-13,18H,7-8,14-17H2,1-6H3;7-9H,2-6H2,1H3. The van der Waals surface area contributed by atoms with E-state index in [1.807, 2.05) is 0 Å². The number of fused-ring (bicyclic) bond motifs is 1. The normalized spacial score (nSPS) is 16.5. The Balaban J connectivity index is 0.000000434. The van der Waals surface area contributed by atoms with Gasteiger partial charge in [0, 0.05) is 31.9 Å². The van der Waals surface area contributed by atoms with E-state index >= 15 is 0 Å². The number of hydrogen-bond acceptors (Lipinski definition) is 4. The average Bonchev–Trinajstić information content (AvgIpc) is 2.87. The minimum Gasteiger partial charge on any atom is -0.396 e. The van der Waals surface area contributed by atoms with Crippen LogP contribution in [0.15, 0.2) is 36.4 Å². The summed E-state index contributed by atoms with van der Waals surface area (Å²) in [5, 5.41) is 17.2. The lowest BCUT2D eigenvalue weighted by Gasteiger charge is -2.42. The molecule has 1 aromatic carbocycles. The number of aromatic nitrogens is 1. The molecule has 0 aliphatic heterocycles. The van der Waals surface area contributed by atoms with Gasteiger partial charge in [-0.2, -0.15) is 0 Å². The minimum atomic E-state index is 0.200. The van der Waals surface area contributed by atoms with Crippen molar-refractivity contribution in [2.75, 3.05) is 31.2 Å². The van der Waals surface area contributed by atoms with E-state index in [4.69, 9.17) is 15.2 Å². The third-order valence-electron chi connectivity index (χ3n) is 7.69. The first-order chi connectivity index (χ1) is 17.1. The molecule has 0 radical (unpaired) electrons. The third-order valence-corrected chi connectivity index (χ3v) is 7.69. The summed E-state index contributed by atoms with van der Waals surface area (Å²) < 4.78 is 0. The van der Waals surface area contributed by atoms with Gasteiger partial charge in [-0.1, -0.05) is 73.1 Å². The first kappa shape index (κ1) is 30.3. The Morgan fingerprint density at radius 2 is 1.47 bits per heavy atom. The second-order valence-electron chi connectivity index (χ2n) is 11.7. The Morgan fingerprint density at radius 1 is 0.833 bits per heavy atom. The maximum absolute atomic E-state index is 8.68. The Morgan fingerprint density at radius 3 is 2.03 bits per heavy atom. The van der Waals surface area contributed by atoms with Crippen molar-refractivity contribution in [3.05, 3.63) is 47.5 Å². The van der Waals surface area contributed by atoms with Crippen molar-refractivity contribution < 1.29 is 10.2 Å². The van der Waals surface area contributed by atoms with Gasteiger partial charge in [-0.25, -0.2) is 4.98 Å². The fraction of sp³-hybridized carbons (Fsp3) is 0.656. The molecule has 1 aliphatic carbocycles. The van der Waals surface area contributed by atoms with Crippen molar-refractivity contribution in [3.63, 3.8) is 0 Å². The van der Waals surface area contributed by atoms with E-state index in [1.165, 1.54) is 29.5 Å². The van der Waals surface area contributed by atoms with E-state index in [9.17, 15) is 0 Å². The van der Waals surface area contributed by atoms with Crippen LogP contribution in [0.5, 0.6) is 0 Å². The number of hydrogen-bond donors (Lipinski definition) is 2. The summed E-state index contributed by atoms with van der Waals surface area (Å²) in [5.74, 6) is 1.42. The monoisotopic (exact) mass is 496 g/mol. The highest BCUT2D eigenvalue weighted by molar-refractivity contribution is 5.65. The number of anilines is 1. The molecule has 0 saturated heterocycles. The predicted octanol–water partition coefficient (Wildman–Crippen LogP) is 7.50. The van der Waals surface area contributed by atoms with Crippen molar-refractivity contribution in [3.8, 4) is 11.3 Å². The highest BCUT2D eigenvalue weighted by Gasteiger charge is 2.37. The topological polar surface area (TPSA) is 56.6 Å². The molecular weight excluding hydrogens is 444 g/mol. The van der Waals surface area contributed by atoms with Gasteiger partial charge >= 0.3 is 0 Å². The summed E-state index contributed by atoms with van der Waals surface area (Å²) in [6.45, 7) is 18.6. The van der Waals surface area contributed by atoms with E-state index in [-0.39, 0.29) is 24.0 Å². The zero-order valence-electron chi connectivity index (χ0n) is 24.1. The highest BCUT2D eigenvalue weighted by atomic mass is 16.3. The van der Waals surface area contributed by atoms with E-state index < -0.39 is 0 Å². The van der Waals surface area contributed by atoms with Gasteiger partial charge in [0.1, 0.15) is 5.82 Å². The molecule has 0 amide bonds. The van der Waals surface area contributed by atoms with Gasteiger partial charge < -0.3 is 15.1 Å². The van der Waals surface area contributed by atoms with Gasteiger partial charge in [0.2, 0.25) is 0 Å². The fourth-order valence-corrected chi connectivity index (χ4v) is 5.31. The molecule has 4 nitrogen and oxygen atoms in total. The Labute approximate surface area is 221 Å². The van der Waals surface area contributed by atoms with Crippen molar-refractivity contribution in [1.82, 2.24) is 4.98 Å². The first-order valence-corrected chi connectivity index (χ1v) is 14.2. The number of pyridine rings is 1. The van der Waals surface area contributed by atoms with Crippen LogP contribution in [-0.2, 0) is 10.8 Å². The summed E-state index contributed by atoms with van der Waals surface area (Å²) in [5.41, 5.74) is 5.84. The van der Waals surface area contributed by atoms with Gasteiger partial charge in [0.05, 0.1) is 5.69 Å². The summed E-state index contributed by atoms with van der Waals surface area (Å²) in [6, 6.07) is 13.5. The summed E-state index contributed by atoms with van der Waals surface area (Å²) >= 11 is 0. The maximum Gasteiger partial charge on any atom is 0.129 e. The predicted molar refractivity (Wildman–Crippen MR) is 155 cm³/mol. The minimum absolute atomic E-state index is 0.200. The number of benzene rings is 1. The van der Waals surface area contributed by atoms with Crippen LogP contribution in [0.25, 0.3) is 11.3 Å². The molecule has 0 saturated carbocycles. The van der Waals surface area contributed by atoms with Crippen LogP contribution in [0.2, 0.25) is 0 Å². The Hall–Kier alpha value is -1.91. The molecule has 1 aliphatic rings. The van der Waals surface area contributed by atoms with Crippen molar-refractivity contribution in [2.45, 2.75) is 104 Å². The van der Waals surface area contributed by atoms with Crippen LogP contribution in [0, 0.1) is 5.92 Å². The smallest absolute Gasteiger partial charge is 0.129 e. The lowest BCUT2D eigenvalue weighted by molar-refractivity contribution is 0.176. The number of aliphatic hydroxyl groups excluding tert-OH is 2. The highest BCUT2D eigenvalue weighted by Crippen LogP contribution is 2.46. The van der Waals surface area contributed by atoms with E-state index in [2.05, 4.69) is 89.8 Å². The molecular formula is C32H52N2O2. The second kappa shape index (κ2) is 14.1. The molecule has 1 atom stereocenters. The fourth-order valence-electron chi connectivity index (χ4n) is 5.31. The van der Waals surface area contributed by atoms with Gasteiger partial charge in [0.25, 0.3) is 0 Å². The van der Waals surface area contributed by atoms with E-state index in [0.717, 1.165) is 56.7 Å². The molecule has 2 N–H and O–H groups in total. The molecule has 1 aromatic heterocycles.